The zero-order valence-corrected chi connectivity index (χ0v) is 24.4. The SMILES string of the molecule is CCCCCCCCCCCCCCCC(=O)OC[C@@H](COP(=O)([O-])OCC[N+](C)(C)C)OC(C)=O. The molecule has 0 heterocycles. The van der Waals surface area contributed by atoms with Crippen molar-refractivity contribution in [3.63, 3.8) is 0 Å². The van der Waals surface area contributed by atoms with Gasteiger partial charge >= 0.3 is 11.9 Å². The molecule has 0 aliphatic rings. The van der Waals surface area contributed by atoms with Crippen LogP contribution in [0.5, 0.6) is 0 Å². The quantitative estimate of drug-likeness (QED) is 0.0719. The molecule has 10 heteroatoms. The largest absolute Gasteiger partial charge is 0.756 e. The number of esters is 2. The van der Waals surface area contributed by atoms with Crippen molar-refractivity contribution >= 4 is 19.8 Å². The molecule has 1 unspecified atom stereocenters. The molecule has 0 aromatic rings. The lowest BCUT2D eigenvalue weighted by atomic mass is 10.0. The Bertz CT molecular complexity index is 624. The number of phosphoric ester groups is 1. The first-order chi connectivity index (χ1) is 16.9. The number of rotatable bonds is 24. The molecular formula is C26H52NO8P. The van der Waals surface area contributed by atoms with E-state index < -0.39 is 32.5 Å². The van der Waals surface area contributed by atoms with Crippen molar-refractivity contribution in [2.24, 2.45) is 0 Å². The lowest BCUT2D eigenvalue weighted by Gasteiger charge is -2.28. The number of ether oxygens (including phenoxy) is 2. The number of hydrogen-bond acceptors (Lipinski definition) is 8. The van der Waals surface area contributed by atoms with Crippen LogP contribution in [0, 0.1) is 0 Å². The Labute approximate surface area is 219 Å². The van der Waals surface area contributed by atoms with Crippen molar-refractivity contribution in [1.29, 1.82) is 0 Å². The van der Waals surface area contributed by atoms with Crippen LogP contribution in [0.2, 0.25) is 0 Å². The highest BCUT2D eigenvalue weighted by atomic mass is 31.2. The van der Waals surface area contributed by atoms with Crippen LogP contribution in [0.1, 0.15) is 104 Å². The average Bonchev–Trinajstić information content (AvgIpc) is 2.77. The molecule has 0 rings (SSSR count). The molecule has 2 atom stereocenters. The average molecular weight is 538 g/mol. The molecule has 0 fully saturated rings. The number of phosphoric acid groups is 1. The van der Waals surface area contributed by atoms with Gasteiger partial charge in [0.05, 0.1) is 27.7 Å². The minimum atomic E-state index is -4.56. The Morgan fingerprint density at radius 2 is 1.31 bits per heavy atom. The molecule has 0 N–H and O–H groups in total. The van der Waals surface area contributed by atoms with Gasteiger partial charge in [0.1, 0.15) is 19.8 Å². The Morgan fingerprint density at radius 3 is 1.78 bits per heavy atom. The fourth-order valence-corrected chi connectivity index (χ4v) is 4.26. The molecule has 9 nitrogen and oxygen atoms in total. The van der Waals surface area contributed by atoms with Crippen molar-refractivity contribution in [3.05, 3.63) is 0 Å². The van der Waals surface area contributed by atoms with Crippen LogP contribution in [-0.2, 0) is 32.7 Å². The van der Waals surface area contributed by atoms with Crippen LogP contribution in [0.15, 0.2) is 0 Å². The van der Waals surface area contributed by atoms with Gasteiger partial charge in [-0.05, 0) is 6.42 Å². The summed E-state index contributed by atoms with van der Waals surface area (Å²) in [4.78, 5) is 35.3. The van der Waals surface area contributed by atoms with Crippen LogP contribution in [-0.4, -0.2) is 70.0 Å². The summed E-state index contributed by atoms with van der Waals surface area (Å²) in [7, 11) is 1.16. The molecule has 0 aromatic carbocycles. The second kappa shape index (κ2) is 21.0. The number of carbonyl (C=O) groups is 2. The molecule has 0 bridgehead atoms. The van der Waals surface area contributed by atoms with Gasteiger partial charge < -0.3 is 27.9 Å². The van der Waals surface area contributed by atoms with Crippen molar-refractivity contribution in [2.45, 2.75) is 110 Å². The van der Waals surface area contributed by atoms with E-state index >= 15 is 0 Å². The van der Waals surface area contributed by atoms with Crippen molar-refractivity contribution in [1.82, 2.24) is 0 Å². The minimum Gasteiger partial charge on any atom is -0.756 e. The maximum absolute atomic E-state index is 12.0. The highest BCUT2D eigenvalue weighted by Gasteiger charge is 2.20. The summed E-state index contributed by atoms with van der Waals surface area (Å²) in [6, 6.07) is 0. The molecule has 0 amide bonds. The Morgan fingerprint density at radius 1 is 0.806 bits per heavy atom. The zero-order chi connectivity index (χ0) is 27.3. The van der Waals surface area contributed by atoms with Crippen molar-refractivity contribution in [3.8, 4) is 0 Å². The standard InChI is InChI=1S/C26H52NO8P/c1-6-7-8-9-10-11-12-13-14-15-16-17-18-19-26(29)32-22-25(35-24(2)28)23-34-36(30,31)33-21-20-27(3,4)5/h25H,6-23H2,1-5H3/t25-/m0/s1. The molecule has 0 saturated carbocycles. The summed E-state index contributed by atoms with van der Waals surface area (Å²) in [6.07, 6.45) is 15.1. The third kappa shape index (κ3) is 24.7. The van der Waals surface area contributed by atoms with Crippen molar-refractivity contribution in [2.75, 3.05) is 47.5 Å². The number of carbonyl (C=O) groups excluding carboxylic acids is 2. The lowest BCUT2D eigenvalue weighted by molar-refractivity contribution is -0.870. The van der Waals surface area contributed by atoms with E-state index in [1.807, 2.05) is 21.1 Å². The summed E-state index contributed by atoms with van der Waals surface area (Å²) in [5.74, 6) is -1.03. The summed E-state index contributed by atoms with van der Waals surface area (Å²) in [5.41, 5.74) is 0. The van der Waals surface area contributed by atoms with E-state index in [-0.39, 0.29) is 19.6 Å². The first kappa shape index (κ1) is 35.0. The smallest absolute Gasteiger partial charge is 0.305 e. The Balaban J connectivity index is 3.95. The third-order valence-corrected chi connectivity index (χ3v) is 6.64. The number of hydrogen-bond donors (Lipinski definition) is 0. The molecule has 214 valence electrons. The predicted octanol–water partition coefficient (Wildman–Crippen LogP) is 5.15. The van der Waals surface area contributed by atoms with Gasteiger partial charge in [0.25, 0.3) is 7.82 Å². The van der Waals surface area contributed by atoms with Gasteiger partial charge in [0, 0.05) is 13.3 Å². The molecule has 0 radical (unpaired) electrons. The van der Waals surface area contributed by atoms with Crippen LogP contribution in [0.4, 0.5) is 0 Å². The molecule has 36 heavy (non-hydrogen) atoms. The van der Waals surface area contributed by atoms with Crippen LogP contribution in [0.3, 0.4) is 0 Å². The number of likely N-dealkylation sites (N-methyl/N-ethyl adjacent to an activating group) is 1. The van der Waals surface area contributed by atoms with Crippen molar-refractivity contribution < 1.29 is 42.1 Å². The van der Waals surface area contributed by atoms with E-state index in [1.165, 1.54) is 71.1 Å². The van der Waals surface area contributed by atoms with E-state index in [4.69, 9.17) is 18.5 Å². The predicted molar refractivity (Wildman–Crippen MR) is 139 cm³/mol. The summed E-state index contributed by atoms with van der Waals surface area (Å²) in [5, 5.41) is 0. The van der Waals surface area contributed by atoms with E-state index in [0.717, 1.165) is 19.3 Å². The van der Waals surface area contributed by atoms with E-state index in [0.29, 0.717) is 11.0 Å². The summed E-state index contributed by atoms with van der Waals surface area (Å²) < 4.78 is 32.3. The van der Waals surface area contributed by atoms with E-state index in [1.54, 1.807) is 0 Å². The van der Waals surface area contributed by atoms with Crippen LogP contribution in [0.25, 0.3) is 0 Å². The topological polar surface area (TPSA) is 111 Å². The Hall–Kier alpha value is -0.990. The molecule has 0 saturated heterocycles. The van der Waals surface area contributed by atoms with Gasteiger partial charge in [-0.25, -0.2) is 0 Å². The normalized spacial score (nSPS) is 14.3. The fraction of sp³-hybridized carbons (Fsp3) is 0.923. The summed E-state index contributed by atoms with van der Waals surface area (Å²) >= 11 is 0. The number of quaternary nitrogens is 1. The van der Waals surface area contributed by atoms with Crippen LogP contribution >= 0.6 is 7.82 Å². The third-order valence-electron chi connectivity index (χ3n) is 5.68. The van der Waals surface area contributed by atoms with Gasteiger partial charge in [-0.15, -0.1) is 0 Å². The second-order valence-electron chi connectivity index (χ2n) is 10.5. The van der Waals surface area contributed by atoms with Crippen LogP contribution < -0.4 is 4.89 Å². The van der Waals surface area contributed by atoms with Gasteiger partial charge in [-0.3, -0.25) is 14.2 Å². The van der Waals surface area contributed by atoms with Gasteiger partial charge in [0.2, 0.25) is 0 Å². The van der Waals surface area contributed by atoms with Gasteiger partial charge in [0.15, 0.2) is 6.10 Å². The summed E-state index contributed by atoms with van der Waals surface area (Å²) in [6.45, 7) is 3.13. The zero-order valence-electron chi connectivity index (χ0n) is 23.5. The maximum atomic E-state index is 12.0. The van der Waals surface area contributed by atoms with Gasteiger partial charge in [-0.2, -0.15) is 0 Å². The monoisotopic (exact) mass is 537 g/mol. The first-order valence-corrected chi connectivity index (χ1v) is 15.1. The molecule has 0 aromatic heterocycles. The maximum Gasteiger partial charge on any atom is 0.305 e. The van der Waals surface area contributed by atoms with E-state index in [9.17, 15) is 19.0 Å². The Kier molecular flexibility index (Phi) is 20.4. The molecule has 0 spiro atoms. The molecular weight excluding hydrogens is 485 g/mol. The lowest BCUT2D eigenvalue weighted by Crippen LogP contribution is -2.37. The molecule has 0 aliphatic carbocycles. The fourth-order valence-electron chi connectivity index (χ4n) is 3.53. The second-order valence-corrected chi connectivity index (χ2v) is 11.9. The van der Waals surface area contributed by atoms with E-state index in [2.05, 4.69) is 6.92 Å². The highest BCUT2D eigenvalue weighted by molar-refractivity contribution is 7.45. The molecule has 0 aliphatic heterocycles. The number of nitrogens with zero attached hydrogens (tertiary/aromatic N) is 1. The minimum absolute atomic E-state index is 0.0311. The highest BCUT2D eigenvalue weighted by Crippen LogP contribution is 2.38. The van der Waals surface area contributed by atoms with Gasteiger partial charge in [-0.1, -0.05) is 84.0 Å². The first-order valence-electron chi connectivity index (χ1n) is 13.7. The number of unbranched alkanes of at least 4 members (excludes halogenated alkanes) is 12.